The molecule has 0 saturated carbocycles. The third kappa shape index (κ3) is 3.29. The van der Waals surface area contributed by atoms with Crippen molar-refractivity contribution < 1.29 is 14.7 Å². The van der Waals surface area contributed by atoms with Gasteiger partial charge in [0.15, 0.2) is 5.84 Å². The van der Waals surface area contributed by atoms with Crippen molar-refractivity contribution >= 4 is 17.4 Å². The first kappa shape index (κ1) is 12.6. The standard InChI is InChI=1S/C10H13ClN2O3/c1-15-4-5-16-7-2-3-8(9(11)6-7)10(12)13-14/h2-3,6,14H,4-5H2,1H3,(H2,12,13). The summed E-state index contributed by atoms with van der Waals surface area (Å²) in [4.78, 5) is 0. The largest absolute Gasteiger partial charge is 0.491 e. The van der Waals surface area contributed by atoms with Gasteiger partial charge < -0.3 is 20.4 Å². The van der Waals surface area contributed by atoms with Crippen LogP contribution in [0, 0.1) is 0 Å². The molecule has 5 nitrogen and oxygen atoms in total. The quantitative estimate of drug-likeness (QED) is 0.270. The van der Waals surface area contributed by atoms with Crippen molar-refractivity contribution in [1.29, 1.82) is 0 Å². The summed E-state index contributed by atoms with van der Waals surface area (Å²) >= 11 is 5.93. The van der Waals surface area contributed by atoms with Crippen LogP contribution >= 0.6 is 11.6 Å². The monoisotopic (exact) mass is 244 g/mol. The number of nitrogens with zero attached hydrogens (tertiary/aromatic N) is 1. The SMILES string of the molecule is COCCOc1ccc(C(N)=NO)c(Cl)c1. The third-order valence-electron chi connectivity index (χ3n) is 1.88. The topological polar surface area (TPSA) is 77.1 Å². The Morgan fingerprint density at radius 1 is 1.50 bits per heavy atom. The average Bonchev–Trinajstić information content (AvgIpc) is 2.29. The summed E-state index contributed by atoms with van der Waals surface area (Å²) in [6.07, 6.45) is 0. The van der Waals surface area contributed by atoms with Gasteiger partial charge in [0.1, 0.15) is 12.4 Å². The number of hydrogen-bond donors (Lipinski definition) is 2. The normalized spacial score (nSPS) is 11.5. The van der Waals surface area contributed by atoms with Crippen molar-refractivity contribution in [3.63, 3.8) is 0 Å². The van der Waals surface area contributed by atoms with Crippen LogP contribution in [0.2, 0.25) is 5.02 Å². The van der Waals surface area contributed by atoms with E-state index in [0.29, 0.717) is 29.5 Å². The lowest BCUT2D eigenvalue weighted by molar-refractivity contribution is 0.146. The molecule has 0 fully saturated rings. The van der Waals surface area contributed by atoms with Crippen molar-refractivity contribution in [2.24, 2.45) is 10.9 Å². The van der Waals surface area contributed by atoms with Crippen molar-refractivity contribution in [1.82, 2.24) is 0 Å². The van der Waals surface area contributed by atoms with Crippen LogP contribution in [0.3, 0.4) is 0 Å². The molecule has 0 spiro atoms. The van der Waals surface area contributed by atoms with Gasteiger partial charge in [0.2, 0.25) is 0 Å². The van der Waals surface area contributed by atoms with Crippen molar-refractivity contribution in [3.8, 4) is 5.75 Å². The second-order valence-corrected chi connectivity index (χ2v) is 3.38. The Balaban J connectivity index is 2.75. The maximum Gasteiger partial charge on any atom is 0.171 e. The van der Waals surface area contributed by atoms with Crippen molar-refractivity contribution in [2.45, 2.75) is 0 Å². The number of halogens is 1. The van der Waals surface area contributed by atoms with E-state index in [4.69, 9.17) is 32.0 Å². The number of benzene rings is 1. The highest BCUT2D eigenvalue weighted by Gasteiger charge is 2.06. The lowest BCUT2D eigenvalue weighted by atomic mass is 10.2. The van der Waals surface area contributed by atoms with E-state index < -0.39 is 0 Å². The highest BCUT2D eigenvalue weighted by atomic mass is 35.5. The molecule has 3 N–H and O–H groups in total. The molecule has 0 amide bonds. The summed E-state index contributed by atoms with van der Waals surface area (Å²) in [6, 6.07) is 4.92. The molecule has 0 atom stereocenters. The predicted octanol–water partition coefficient (Wildman–Crippen LogP) is 1.46. The molecule has 0 aliphatic heterocycles. The fourth-order valence-electron chi connectivity index (χ4n) is 1.09. The molecule has 0 bridgehead atoms. The Hall–Kier alpha value is -1.46. The van der Waals surface area contributed by atoms with E-state index in [0.717, 1.165) is 0 Å². The van der Waals surface area contributed by atoms with E-state index in [2.05, 4.69) is 5.16 Å². The Kier molecular flexibility index (Phi) is 4.88. The van der Waals surface area contributed by atoms with Gasteiger partial charge in [-0.15, -0.1) is 0 Å². The van der Waals surface area contributed by atoms with Gasteiger partial charge in [-0.2, -0.15) is 0 Å². The predicted molar refractivity (Wildman–Crippen MR) is 61.3 cm³/mol. The van der Waals surface area contributed by atoms with Gasteiger partial charge in [-0.25, -0.2) is 0 Å². The van der Waals surface area contributed by atoms with Crippen LogP contribution in [0.25, 0.3) is 0 Å². The van der Waals surface area contributed by atoms with Gasteiger partial charge in [-0.05, 0) is 18.2 Å². The minimum Gasteiger partial charge on any atom is -0.491 e. The molecule has 1 aromatic carbocycles. The third-order valence-corrected chi connectivity index (χ3v) is 2.19. The van der Waals surface area contributed by atoms with Crippen LogP contribution in [0.15, 0.2) is 23.4 Å². The second kappa shape index (κ2) is 6.19. The van der Waals surface area contributed by atoms with Crippen LogP contribution < -0.4 is 10.5 Å². The molecular formula is C10H13ClN2O3. The van der Waals surface area contributed by atoms with E-state index >= 15 is 0 Å². The molecule has 6 heteroatoms. The molecule has 0 aliphatic rings. The maximum absolute atomic E-state index is 8.51. The number of rotatable bonds is 5. The zero-order valence-corrected chi connectivity index (χ0v) is 9.57. The molecule has 16 heavy (non-hydrogen) atoms. The van der Waals surface area contributed by atoms with Crippen molar-refractivity contribution in [3.05, 3.63) is 28.8 Å². The Morgan fingerprint density at radius 2 is 2.25 bits per heavy atom. The molecule has 0 aliphatic carbocycles. The number of hydrogen-bond acceptors (Lipinski definition) is 4. The second-order valence-electron chi connectivity index (χ2n) is 2.97. The fourth-order valence-corrected chi connectivity index (χ4v) is 1.36. The van der Waals surface area contributed by atoms with Gasteiger partial charge in [0.05, 0.1) is 11.6 Å². The Labute approximate surface area is 98.4 Å². The highest BCUT2D eigenvalue weighted by Crippen LogP contribution is 2.22. The first-order valence-electron chi connectivity index (χ1n) is 4.58. The zero-order valence-electron chi connectivity index (χ0n) is 8.81. The maximum atomic E-state index is 8.51. The lowest BCUT2D eigenvalue weighted by Crippen LogP contribution is -2.13. The lowest BCUT2D eigenvalue weighted by Gasteiger charge is -2.07. The van der Waals surface area contributed by atoms with Crippen LogP contribution in [0.4, 0.5) is 0 Å². The minimum absolute atomic E-state index is 0.0339. The molecule has 0 radical (unpaired) electrons. The molecule has 88 valence electrons. The smallest absolute Gasteiger partial charge is 0.171 e. The van der Waals surface area contributed by atoms with Gasteiger partial charge in [0, 0.05) is 12.7 Å². The number of nitrogens with two attached hydrogens (primary N) is 1. The number of ether oxygens (including phenoxy) is 2. The first-order valence-corrected chi connectivity index (χ1v) is 4.96. The summed E-state index contributed by atoms with van der Waals surface area (Å²) in [7, 11) is 1.60. The summed E-state index contributed by atoms with van der Waals surface area (Å²) in [5.41, 5.74) is 5.88. The van der Waals surface area contributed by atoms with E-state index in [1.54, 1.807) is 25.3 Å². The molecule has 0 unspecified atom stereocenters. The first-order chi connectivity index (χ1) is 7.69. The average molecular weight is 245 g/mol. The van der Waals surface area contributed by atoms with Crippen LogP contribution in [-0.2, 0) is 4.74 Å². The molecular weight excluding hydrogens is 232 g/mol. The van der Waals surface area contributed by atoms with Crippen molar-refractivity contribution in [2.75, 3.05) is 20.3 Å². The molecule has 0 saturated heterocycles. The number of methoxy groups -OCH3 is 1. The van der Waals surface area contributed by atoms with Crippen LogP contribution in [0.5, 0.6) is 5.75 Å². The van der Waals surface area contributed by atoms with E-state index in [1.165, 1.54) is 0 Å². The Morgan fingerprint density at radius 3 is 2.81 bits per heavy atom. The number of oxime groups is 1. The summed E-state index contributed by atoms with van der Waals surface area (Å²) < 4.78 is 10.2. The minimum atomic E-state index is -0.0339. The van der Waals surface area contributed by atoms with Gasteiger partial charge in [-0.1, -0.05) is 16.8 Å². The van der Waals surface area contributed by atoms with Crippen LogP contribution in [0.1, 0.15) is 5.56 Å². The fraction of sp³-hybridized carbons (Fsp3) is 0.300. The zero-order chi connectivity index (χ0) is 12.0. The summed E-state index contributed by atoms with van der Waals surface area (Å²) in [6.45, 7) is 0.940. The molecule has 0 aromatic heterocycles. The van der Waals surface area contributed by atoms with E-state index in [1.807, 2.05) is 0 Å². The van der Waals surface area contributed by atoms with Gasteiger partial charge in [0.25, 0.3) is 0 Å². The number of amidine groups is 1. The summed E-state index contributed by atoms with van der Waals surface area (Å²) in [5, 5.41) is 11.8. The summed E-state index contributed by atoms with van der Waals surface area (Å²) in [5.74, 6) is 0.574. The highest BCUT2D eigenvalue weighted by molar-refractivity contribution is 6.34. The van der Waals surface area contributed by atoms with E-state index in [9.17, 15) is 0 Å². The molecule has 0 heterocycles. The van der Waals surface area contributed by atoms with Crippen LogP contribution in [-0.4, -0.2) is 31.4 Å². The molecule has 1 rings (SSSR count). The van der Waals surface area contributed by atoms with Gasteiger partial charge in [-0.3, -0.25) is 0 Å². The Bertz CT molecular complexity index is 382. The van der Waals surface area contributed by atoms with E-state index in [-0.39, 0.29) is 5.84 Å². The van der Waals surface area contributed by atoms with Gasteiger partial charge >= 0.3 is 0 Å². The molecule has 1 aromatic rings.